The standard InChI is InChI=1S/C14H13ClN4O/c15-13-12-11(6-7-17-13)19(14(16)18-12)9-20-8-10-4-2-1-3-5-10/h1-7H,8-9H2,(H2,16,18). The lowest BCUT2D eigenvalue weighted by atomic mass is 10.2. The summed E-state index contributed by atoms with van der Waals surface area (Å²) >= 11 is 5.99. The summed E-state index contributed by atoms with van der Waals surface area (Å²) in [6.45, 7) is 0.830. The van der Waals surface area contributed by atoms with E-state index in [1.165, 1.54) is 0 Å². The van der Waals surface area contributed by atoms with Crippen molar-refractivity contribution in [1.29, 1.82) is 0 Å². The Hall–Kier alpha value is -2.11. The molecule has 0 aliphatic rings. The number of fused-ring (bicyclic) bond motifs is 1. The van der Waals surface area contributed by atoms with E-state index in [0.29, 0.717) is 30.0 Å². The lowest BCUT2D eigenvalue weighted by molar-refractivity contribution is 0.0678. The van der Waals surface area contributed by atoms with Crippen molar-refractivity contribution < 1.29 is 4.74 Å². The molecule has 0 amide bonds. The fourth-order valence-electron chi connectivity index (χ4n) is 2.00. The summed E-state index contributed by atoms with van der Waals surface area (Å²) < 4.78 is 7.44. The number of anilines is 1. The van der Waals surface area contributed by atoms with Crippen LogP contribution >= 0.6 is 11.6 Å². The zero-order valence-electron chi connectivity index (χ0n) is 10.7. The molecule has 5 nitrogen and oxygen atoms in total. The van der Waals surface area contributed by atoms with Gasteiger partial charge in [0.1, 0.15) is 12.2 Å². The average molecular weight is 289 g/mol. The van der Waals surface area contributed by atoms with E-state index in [-0.39, 0.29) is 0 Å². The Labute approximate surface area is 121 Å². The number of ether oxygens (including phenoxy) is 1. The van der Waals surface area contributed by atoms with Gasteiger partial charge >= 0.3 is 0 Å². The number of benzene rings is 1. The highest BCUT2D eigenvalue weighted by atomic mass is 35.5. The molecule has 2 N–H and O–H groups in total. The van der Waals surface area contributed by atoms with Gasteiger partial charge in [0.05, 0.1) is 12.1 Å². The third-order valence-corrected chi connectivity index (χ3v) is 3.26. The van der Waals surface area contributed by atoms with Gasteiger partial charge in [0.15, 0.2) is 5.15 Å². The normalized spacial score (nSPS) is 11.1. The van der Waals surface area contributed by atoms with Crippen LogP contribution in [-0.4, -0.2) is 14.5 Å². The van der Waals surface area contributed by atoms with Gasteiger partial charge in [-0.15, -0.1) is 0 Å². The number of nitrogen functional groups attached to an aromatic ring is 1. The molecule has 0 saturated carbocycles. The molecule has 0 aliphatic carbocycles. The smallest absolute Gasteiger partial charge is 0.203 e. The molecule has 0 atom stereocenters. The molecule has 2 heterocycles. The number of rotatable bonds is 4. The van der Waals surface area contributed by atoms with Crippen LogP contribution in [0.5, 0.6) is 0 Å². The predicted molar refractivity (Wildman–Crippen MR) is 78.2 cm³/mol. The van der Waals surface area contributed by atoms with E-state index in [1.54, 1.807) is 10.8 Å². The molecule has 0 unspecified atom stereocenters. The van der Waals surface area contributed by atoms with Crippen molar-refractivity contribution in [3.8, 4) is 0 Å². The first kappa shape index (κ1) is 12.9. The van der Waals surface area contributed by atoms with Crippen LogP contribution in [0.2, 0.25) is 5.15 Å². The number of halogens is 1. The Morgan fingerprint density at radius 2 is 2.00 bits per heavy atom. The van der Waals surface area contributed by atoms with E-state index < -0.39 is 0 Å². The second-order valence-electron chi connectivity index (χ2n) is 4.33. The minimum absolute atomic E-state index is 0.317. The maximum atomic E-state index is 5.99. The minimum atomic E-state index is 0.317. The first-order valence-corrected chi connectivity index (χ1v) is 6.51. The summed E-state index contributed by atoms with van der Waals surface area (Å²) in [4.78, 5) is 8.19. The fraction of sp³-hybridized carbons (Fsp3) is 0.143. The SMILES string of the molecule is Nc1nc2c(Cl)nccc2n1COCc1ccccc1. The van der Waals surface area contributed by atoms with E-state index in [1.807, 2.05) is 36.4 Å². The number of nitrogens with two attached hydrogens (primary N) is 1. The number of imidazole rings is 1. The van der Waals surface area contributed by atoms with Crippen LogP contribution < -0.4 is 5.73 Å². The summed E-state index contributed by atoms with van der Waals surface area (Å²) in [5.41, 5.74) is 8.40. The monoisotopic (exact) mass is 288 g/mol. The lowest BCUT2D eigenvalue weighted by Gasteiger charge is -2.08. The van der Waals surface area contributed by atoms with Crippen molar-refractivity contribution in [2.75, 3.05) is 5.73 Å². The molecule has 0 bridgehead atoms. The Kier molecular flexibility index (Phi) is 3.54. The van der Waals surface area contributed by atoms with Crippen molar-refractivity contribution >= 4 is 28.6 Å². The summed E-state index contributed by atoms with van der Waals surface area (Å²) in [5, 5.41) is 0.344. The third-order valence-electron chi connectivity index (χ3n) is 2.98. The molecule has 6 heteroatoms. The van der Waals surface area contributed by atoms with Crippen LogP contribution in [0.1, 0.15) is 5.56 Å². The van der Waals surface area contributed by atoms with E-state index in [0.717, 1.165) is 11.1 Å². The maximum Gasteiger partial charge on any atom is 0.203 e. The van der Waals surface area contributed by atoms with Gasteiger partial charge < -0.3 is 10.5 Å². The highest BCUT2D eigenvalue weighted by molar-refractivity contribution is 6.33. The number of pyridine rings is 1. The maximum absolute atomic E-state index is 5.99. The molecule has 3 aromatic rings. The van der Waals surface area contributed by atoms with Crippen molar-refractivity contribution in [3.63, 3.8) is 0 Å². The Bertz CT molecular complexity index is 727. The van der Waals surface area contributed by atoms with Gasteiger partial charge in [-0.25, -0.2) is 9.97 Å². The van der Waals surface area contributed by atoms with Gasteiger partial charge in [0, 0.05) is 6.20 Å². The quantitative estimate of drug-likeness (QED) is 0.750. The van der Waals surface area contributed by atoms with Gasteiger partial charge in [-0.2, -0.15) is 0 Å². The fourth-order valence-corrected chi connectivity index (χ4v) is 2.20. The third kappa shape index (κ3) is 2.45. The Balaban J connectivity index is 1.78. The van der Waals surface area contributed by atoms with E-state index in [4.69, 9.17) is 22.1 Å². The molecule has 2 aromatic heterocycles. The largest absolute Gasteiger partial charge is 0.369 e. The van der Waals surface area contributed by atoms with E-state index in [2.05, 4.69) is 9.97 Å². The molecule has 0 spiro atoms. The van der Waals surface area contributed by atoms with Crippen LogP contribution in [-0.2, 0) is 18.1 Å². The second kappa shape index (κ2) is 5.48. The first-order chi connectivity index (χ1) is 9.75. The second-order valence-corrected chi connectivity index (χ2v) is 4.69. The molecule has 20 heavy (non-hydrogen) atoms. The molecular weight excluding hydrogens is 276 g/mol. The number of hydrogen-bond acceptors (Lipinski definition) is 4. The van der Waals surface area contributed by atoms with Crippen molar-refractivity contribution in [1.82, 2.24) is 14.5 Å². The molecule has 102 valence electrons. The number of aromatic nitrogens is 3. The average Bonchev–Trinajstić information content (AvgIpc) is 2.78. The molecule has 0 aliphatic heterocycles. The van der Waals surface area contributed by atoms with Gasteiger partial charge in [-0.05, 0) is 11.6 Å². The van der Waals surface area contributed by atoms with Crippen LogP contribution in [0.3, 0.4) is 0 Å². The summed E-state index contributed by atoms with van der Waals surface area (Å²) in [5.74, 6) is 0.364. The highest BCUT2D eigenvalue weighted by Gasteiger charge is 2.11. The Morgan fingerprint density at radius 3 is 2.80 bits per heavy atom. The van der Waals surface area contributed by atoms with E-state index in [9.17, 15) is 0 Å². The minimum Gasteiger partial charge on any atom is -0.369 e. The Morgan fingerprint density at radius 1 is 1.20 bits per heavy atom. The molecule has 0 saturated heterocycles. The first-order valence-electron chi connectivity index (χ1n) is 6.13. The van der Waals surface area contributed by atoms with Crippen molar-refractivity contribution in [3.05, 3.63) is 53.3 Å². The van der Waals surface area contributed by atoms with Crippen LogP contribution in [0, 0.1) is 0 Å². The van der Waals surface area contributed by atoms with Crippen molar-refractivity contribution in [2.24, 2.45) is 0 Å². The topological polar surface area (TPSA) is 66.0 Å². The summed E-state index contributed by atoms with van der Waals surface area (Å²) in [6, 6.07) is 11.8. The predicted octanol–water partition coefficient (Wildman–Crippen LogP) is 2.84. The number of nitrogens with zero attached hydrogens (tertiary/aromatic N) is 3. The highest BCUT2D eigenvalue weighted by Crippen LogP contribution is 2.23. The van der Waals surface area contributed by atoms with E-state index >= 15 is 0 Å². The van der Waals surface area contributed by atoms with Gasteiger partial charge in [0.2, 0.25) is 5.95 Å². The lowest BCUT2D eigenvalue weighted by Crippen LogP contribution is -2.06. The molecule has 0 radical (unpaired) electrons. The summed E-state index contributed by atoms with van der Waals surface area (Å²) in [7, 11) is 0. The van der Waals surface area contributed by atoms with Gasteiger partial charge in [-0.1, -0.05) is 41.9 Å². The van der Waals surface area contributed by atoms with Crippen LogP contribution in [0.25, 0.3) is 11.0 Å². The van der Waals surface area contributed by atoms with Gasteiger partial charge in [-0.3, -0.25) is 4.57 Å². The molecule has 1 aromatic carbocycles. The van der Waals surface area contributed by atoms with Crippen molar-refractivity contribution in [2.45, 2.75) is 13.3 Å². The summed E-state index contributed by atoms with van der Waals surface area (Å²) in [6.07, 6.45) is 1.62. The van der Waals surface area contributed by atoms with Crippen LogP contribution in [0.15, 0.2) is 42.6 Å². The molecular formula is C14H13ClN4O. The zero-order chi connectivity index (χ0) is 13.9. The van der Waals surface area contributed by atoms with Gasteiger partial charge in [0.25, 0.3) is 0 Å². The van der Waals surface area contributed by atoms with Crippen LogP contribution in [0.4, 0.5) is 5.95 Å². The number of hydrogen-bond donors (Lipinski definition) is 1. The molecule has 3 rings (SSSR count). The zero-order valence-corrected chi connectivity index (χ0v) is 11.4. The molecule has 0 fully saturated rings.